The Morgan fingerprint density at radius 3 is 1.63 bits per heavy atom. The first-order chi connectivity index (χ1) is 29.6. The number of benzene rings is 7. The van der Waals surface area contributed by atoms with E-state index >= 15 is 0 Å². The van der Waals surface area contributed by atoms with Gasteiger partial charge in [-0.1, -0.05) is 137 Å². The number of ether oxygens (including phenoxy) is 1. The monoisotopic (exact) mass is 915 g/mol. The molecule has 0 atom stereocenters. The Morgan fingerprint density at radius 1 is 0.517 bits per heavy atom. The number of unbranched alkanes of at least 4 members (excludes halogenated alkanes) is 6. The second-order valence-corrected chi connectivity index (χ2v) is 18.2. The topological polar surface area (TPSA) is 53.1 Å². The van der Waals surface area contributed by atoms with E-state index in [9.17, 15) is 0 Å². The van der Waals surface area contributed by atoms with Crippen LogP contribution in [0.5, 0.6) is 5.75 Å². The van der Waals surface area contributed by atoms with Crippen molar-refractivity contribution in [3.63, 3.8) is 0 Å². The van der Waals surface area contributed by atoms with Crippen LogP contribution in [-0.4, -0.2) is 21.4 Å². The van der Waals surface area contributed by atoms with Crippen molar-refractivity contribution in [3.05, 3.63) is 160 Å². The molecule has 0 N–H and O–H groups in total. The molecule has 10 rings (SSSR count). The average Bonchev–Trinajstić information content (AvgIpc) is 3.97. The molecule has 5 nitrogen and oxygen atoms in total. The molecule has 0 aliphatic heterocycles. The summed E-state index contributed by atoms with van der Waals surface area (Å²) in [6.07, 6.45) is 11.6. The van der Waals surface area contributed by atoms with Crippen molar-refractivity contribution in [1.29, 1.82) is 0 Å². The Balaban J connectivity index is 0.782. The molecule has 0 radical (unpaired) electrons. The summed E-state index contributed by atoms with van der Waals surface area (Å²) in [6.45, 7) is 1.75. The molecule has 0 bridgehead atoms. The summed E-state index contributed by atoms with van der Waals surface area (Å²) in [5.74, 6) is 1.88. The number of rotatable bonds is 17. The molecule has 300 valence electrons. The molecule has 2 heterocycles. The molecule has 0 unspecified atom stereocenters. The maximum absolute atomic E-state index is 6.19. The van der Waals surface area contributed by atoms with Crippen molar-refractivity contribution in [2.24, 2.45) is 0 Å². The highest BCUT2D eigenvalue weighted by Gasteiger charge is 2.41. The van der Waals surface area contributed by atoms with Crippen molar-refractivity contribution in [2.75, 3.05) is 6.61 Å². The minimum atomic E-state index is -0.0148. The smallest absolute Gasteiger partial charge is 0.248 e. The first-order valence-electron chi connectivity index (χ1n) is 21.5. The van der Waals surface area contributed by atoms with Gasteiger partial charge in [0.05, 0.1) is 6.61 Å². The third kappa shape index (κ3) is 7.45. The lowest BCUT2D eigenvalue weighted by molar-refractivity contribution is 0.302. The molecular formula is C53H47Br2N3O2. The van der Waals surface area contributed by atoms with Gasteiger partial charge in [-0.25, -0.2) is 0 Å². The molecule has 0 fully saturated rings. The van der Waals surface area contributed by atoms with Crippen LogP contribution in [-0.2, 0) is 12.0 Å². The summed E-state index contributed by atoms with van der Waals surface area (Å²) in [5.41, 5.74) is 7.49. The average molecular weight is 918 g/mol. The number of hydrogen-bond acceptors (Lipinski definition) is 4. The summed E-state index contributed by atoms with van der Waals surface area (Å²) >= 11 is 7.86. The van der Waals surface area contributed by atoms with Crippen LogP contribution in [0.3, 0.4) is 0 Å². The third-order valence-corrected chi connectivity index (χ3v) is 13.6. The van der Waals surface area contributed by atoms with Crippen LogP contribution in [0.4, 0.5) is 0 Å². The Bertz CT molecular complexity index is 2830. The molecule has 7 aromatic carbocycles. The minimum absolute atomic E-state index is 0.0148. The van der Waals surface area contributed by atoms with Gasteiger partial charge in [-0.15, -0.1) is 10.2 Å². The minimum Gasteiger partial charge on any atom is -0.494 e. The van der Waals surface area contributed by atoms with Crippen LogP contribution in [0.2, 0.25) is 0 Å². The van der Waals surface area contributed by atoms with Gasteiger partial charge in [0, 0.05) is 53.8 Å². The van der Waals surface area contributed by atoms with Gasteiger partial charge in [0.15, 0.2) is 0 Å². The van der Waals surface area contributed by atoms with E-state index in [1.165, 1.54) is 102 Å². The predicted octanol–water partition coefficient (Wildman–Crippen LogP) is 15.6. The van der Waals surface area contributed by atoms with E-state index in [2.05, 4.69) is 132 Å². The fourth-order valence-electron chi connectivity index (χ4n) is 9.92. The number of hydrogen-bond donors (Lipinski definition) is 0. The molecule has 2 aromatic heterocycles. The predicted molar refractivity (Wildman–Crippen MR) is 254 cm³/mol. The largest absolute Gasteiger partial charge is 0.494 e. The fraction of sp³-hybridized carbons (Fsp3) is 0.245. The highest BCUT2D eigenvalue weighted by molar-refractivity contribution is 9.10. The summed E-state index contributed by atoms with van der Waals surface area (Å²) < 4.78 is 17.0. The van der Waals surface area contributed by atoms with Gasteiger partial charge < -0.3 is 13.7 Å². The molecule has 0 saturated carbocycles. The van der Waals surface area contributed by atoms with Crippen molar-refractivity contribution < 1.29 is 9.15 Å². The van der Waals surface area contributed by atoms with Crippen LogP contribution in [0.1, 0.15) is 75.3 Å². The van der Waals surface area contributed by atoms with Gasteiger partial charge in [-0.2, -0.15) is 0 Å². The second-order valence-electron chi connectivity index (χ2n) is 16.4. The van der Waals surface area contributed by atoms with Crippen molar-refractivity contribution in [3.8, 4) is 28.7 Å². The van der Waals surface area contributed by atoms with Crippen LogP contribution < -0.4 is 4.74 Å². The number of nitrogens with zero attached hydrogens (tertiary/aromatic N) is 3. The summed E-state index contributed by atoms with van der Waals surface area (Å²) in [6, 6.07) is 49.7. The Kier molecular flexibility index (Phi) is 11.0. The molecule has 7 heteroatoms. The Morgan fingerprint density at radius 2 is 1.03 bits per heavy atom. The van der Waals surface area contributed by atoms with Gasteiger partial charge in [0.2, 0.25) is 11.8 Å². The van der Waals surface area contributed by atoms with E-state index in [1.54, 1.807) is 0 Å². The lowest BCUT2D eigenvalue weighted by Crippen LogP contribution is -2.26. The maximum atomic E-state index is 6.19. The fourth-order valence-corrected chi connectivity index (χ4v) is 10.9. The van der Waals surface area contributed by atoms with E-state index in [4.69, 9.17) is 9.15 Å². The molecule has 9 aromatic rings. The molecule has 0 spiro atoms. The van der Waals surface area contributed by atoms with Gasteiger partial charge in [0.25, 0.3) is 0 Å². The van der Waals surface area contributed by atoms with Crippen LogP contribution >= 0.6 is 31.9 Å². The maximum Gasteiger partial charge on any atom is 0.248 e. The highest BCUT2D eigenvalue weighted by atomic mass is 79.9. The molecule has 0 saturated heterocycles. The number of para-hydroxylation sites is 2. The zero-order chi connectivity index (χ0) is 40.5. The summed E-state index contributed by atoms with van der Waals surface area (Å²) in [5, 5.41) is 16.8. The SMILES string of the molecule is Brc1cc2c3c(ccc4cc(Br)cc(c43)C2(CCCCCCOc2ccc(-c3nnc(-c4ccccc4)o3)cc2)CCCCCCn2c3ccccc3c3ccccc32)c1. The van der Waals surface area contributed by atoms with E-state index in [0.717, 1.165) is 49.1 Å². The third-order valence-electron chi connectivity index (χ3n) is 12.7. The Hall–Kier alpha value is -5.24. The number of aromatic nitrogens is 3. The van der Waals surface area contributed by atoms with Crippen molar-refractivity contribution in [2.45, 2.75) is 76.2 Å². The van der Waals surface area contributed by atoms with E-state index < -0.39 is 0 Å². The number of fused-ring (bicyclic) bond motifs is 3. The summed E-state index contributed by atoms with van der Waals surface area (Å²) in [7, 11) is 0. The van der Waals surface area contributed by atoms with Gasteiger partial charge in [-0.05, 0) is 131 Å². The number of halogens is 2. The Labute approximate surface area is 368 Å². The van der Waals surface area contributed by atoms with Crippen LogP contribution in [0, 0.1) is 0 Å². The first-order valence-corrected chi connectivity index (χ1v) is 23.1. The lowest BCUT2D eigenvalue weighted by atomic mass is 9.70. The zero-order valence-electron chi connectivity index (χ0n) is 33.7. The van der Waals surface area contributed by atoms with Crippen molar-refractivity contribution >= 4 is 75.2 Å². The first kappa shape index (κ1) is 38.9. The molecule has 1 aliphatic rings. The van der Waals surface area contributed by atoms with Gasteiger partial charge in [-0.3, -0.25) is 0 Å². The zero-order valence-corrected chi connectivity index (χ0v) is 36.9. The second kappa shape index (κ2) is 17.0. The molecular weight excluding hydrogens is 870 g/mol. The van der Waals surface area contributed by atoms with E-state index in [0.29, 0.717) is 18.4 Å². The quantitative estimate of drug-likeness (QED) is 0.0674. The molecule has 1 aliphatic carbocycles. The standard InChI is InChI=1S/C53H47Br2N3O2/c54-40-32-38-22-23-39-33-41(55)35-46-50(39)49(38)45(34-40)53(46,28-12-1-3-14-30-58-47-20-10-8-18-43(47)44-19-9-11-21-48(44)58)29-13-2-4-15-31-59-42-26-24-37(25-27-42)52-57-56-51(60-52)36-16-6-5-7-17-36/h5-11,16-27,32-35H,1-4,12-15,28-31H2. The summed E-state index contributed by atoms with van der Waals surface area (Å²) in [4.78, 5) is 0. The van der Waals surface area contributed by atoms with Gasteiger partial charge >= 0.3 is 0 Å². The molecule has 60 heavy (non-hydrogen) atoms. The van der Waals surface area contributed by atoms with Crippen molar-refractivity contribution in [1.82, 2.24) is 14.8 Å². The van der Waals surface area contributed by atoms with E-state index in [-0.39, 0.29) is 5.41 Å². The van der Waals surface area contributed by atoms with Crippen LogP contribution in [0.15, 0.2) is 153 Å². The van der Waals surface area contributed by atoms with Crippen LogP contribution in [0.25, 0.3) is 66.3 Å². The lowest BCUT2D eigenvalue weighted by Gasteiger charge is -2.33. The van der Waals surface area contributed by atoms with E-state index in [1.807, 2.05) is 54.6 Å². The number of aryl methyl sites for hydroxylation is 1. The van der Waals surface area contributed by atoms with Gasteiger partial charge in [0.1, 0.15) is 5.75 Å². The highest BCUT2D eigenvalue weighted by Crippen LogP contribution is 2.55. The molecule has 0 amide bonds. The normalized spacial score (nSPS) is 13.1.